The monoisotopic (exact) mass is 273 g/mol. The first-order valence-electron chi connectivity index (χ1n) is 7.19. The predicted molar refractivity (Wildman–Crippen MR) is 73.2 cm³/mol. The Morgan fingerprint density at radius 3 is 2.58 bits per heavy atom. The second-order valence-electron chi connectivity index (χ2n) is 5.75. The number of aliphatic hydroxyl groups is 1. The maximum absolute atomic E-state index is 11.1. The molecule has 1 aliphatic heterocycles. The van der Waals surface area contributed by atoms with Crippen LogP contribution in [0.5, 0.6) is 0 Å². The molecule has 0 aromatic heterocycles. The summed E-state index contributed by atoms with van der Waals surface area (Å²) < 4.78 is 5.39. The molecule has 1 fully saturated rings. The van der Waals surface area contributed by atoms with Crippen LogP contribution in [0.15, 0.2) is 0 Å². The van der Waals surface area contributed by atoms with Gasteiger partial charge in [0.2, 0.25) is 0 Å². The zero-order chi connectivity index (χ0) is 14.3. The fourth-order valence-corrected chi connectivity index (χ4v) is 2.26. The highest BCUT2D eigenvalue weighted by Crippen LogP contribution is 2.30. The number of aliphatic hydroxyl groups excluding tert-OH is 1. The van der Waals surface area contributed by atoms with E-state index in [1.807, 2.05) is 0 Å². The number of likely N-dealkylation sites (tertiary alicyclic amines) is 1. The van der Waals surface area contributed by atoms with Crippen molar-refractivity contribution in [1.82, 2.24) is 4.90 Å². The highest BCUT2D eigenvalue weighted by atomic mass is 16.5. The van der Waals surface area contributed by atoms with Gasteiger partial charge in [-0.15, -0.1) is 0 Å². The fraction of sp³-hybridized carbons (Fsp3) is 0.929. The van der Waals surface area contributed by atoms with E-state index in [0.29, 0.717) is 32.6 Å². The van der Waals surface area contributed by atoms with Crippen molar-refractivity contribution in [2.24, 2.45) is 5.41 Å². The van der Waals surface area contributed by atoms with E-state index in [2.05, 4.69) is 11.8 Å². The Kier molecular flexibility index (Phi) is 6.75. The number of hydrogen-bond donors (Lipinski definition) is 2. The lowest BCUT2D eigenvalue weighted by molar-refractivity contribution is -0.150. The van der Waals surface area contributed by atoms with Crippen LogP contribution in [0, 0.1) is 5.41 Å². The number of unbranched alkanes of at least 4 members (excludes halogenated alkanes) is 1. The van der Waals surface area contributed by atoms with Crippen molar-refractivity contribution < 1.29 is 19.7 Å². The molecule has 0 aromatic carbocycles. The third kappa shape index (κ3) is 5.47. The summed E-state index contributed by atoms with van der Waals surface area (Å²) in [6.07, 6.45) is 2.92. The van der Waals surface area contributed by atoms with Gasteiger partial charge in [0.15, 0.2) is 0 Å². The number of piperidine rings is 1. The summed E-state index contributed by atoms with van der Waals surface area (Å²) in [6, 6.07) is 0. The van der Waals surface area contributed by atoms with Gasteiger partial charge in [-0.3, -0.25) is 4.79 Å². The molecule has 1 aliphatic rings. The number of carboxylic acid groups (broad SMARTS) is 1. The molecular formula is C14H27NO4. The van der Waals surface area contributed by atoms with Gasteiger partial charge >= 0.3 is 5.97 Å². The van der Waals surface area contributed by atoms with E-state index in [-0.39, 0.29) is 0 Å². The van der Waals surface area contributed by atoms with Crippen molar-refractivity contribution >= 4 is 5.97 Å². The Bertz CT molecular complexity index is 275. The Morgan fingerprint density at radius 1 is 1.42 bits per heavy atom. The number of aliphatic carboxylic acids is 1. The van der Waals surface area contributed by atoms with E-state index in [9.17, 15) is 9.90 Å². The van der Waals surface area contributed by atoms with Crippen LogP contribution in [0.3, 0.4) is 0 Å². The molecule has 1 saturated heterocycles. The van der Waals surface area contributed by atoms with Crippen LogP contribution in [-0.2, 0) is 9.53 Å². The zero-order valence-electron chi connectivity index (χ0n) is 12.1. The molecular weight excluding hydrogens is 246 g/mol. The van der Waals surface area contributed by atoms with Crippen LogP contribution >= 0.6 is 0 Å². The van der Waals surface area contributed by atoms with Gasteiger partial charge in [0.05, 0.1) is 18.1 Å². The molecule has 0 saturated carbocycles. The average molecular weight is 273 g/mol. The summed E-state index contributed by atoms with van der Waals surface area (Å²) in [4.78, 5) is 13.2. The summed E-state index contributed by atoms with van der Waals surface area (Å²) in [6.45, 7) is 7.01. The van der Waals surface area contributed by atoms with Gasteiger partial charge in [-0.25, -0.2) is 0 Å². The third-order valence-electron chi connectivity index (χ3n) is 3.90. The van der Waals surface area contributed by atoms with Crippen molar-refractivity contribution in [3.05, 3.63) is 0 Å². The second-order valence-corrected chi connectivity index (χ2v) is 5.75. The highest BCUT2D eigenvalue weighted by Gasteiger charge is 2.36. The van der Waals surface area contributed by atoms with Gasteiger partial charge in [0.25, 0.3) is 0 Å². The number of β-amino-alcohol motifs (C(OH)–C–C–N with tert-alkyl or cyclic N) is 1. The maximum Gasteiger partial charge on any atom is 0.309 e. The SMILES string of the molecule is CCCCOCC(O)CN1CCC(C)(C(=O)O)CC1. The molecule has 5 heteroatoms. The minimum atomic E-state index is -0.712. The van der Waals surface area contributed by atoms with Crippen molar-refractivity contribution in [3.63, 3.8) is 0 Å². The van der Waals surface area contributed by atoms with Crippen molar-refractivity contribution in [2.75, 3.05) is 32.8 Å². The Hall–Kier alpha value is -0.650. The highest BCUT2D eigenvalue weighted by molar-refractivity contribution is 5.74. The molecule has 5 nitrogen and oxygen atoms in total. The van der Waals surface area contributed by atoms with Gasteiger partial charge in [-0.1, -0.05) is 13.3 Å². The third-order valence-corrected chi connectivity index (χ3v) is 3.90. The van der Waals surface area contributed by atoms with Crippen LogP contribution < -0.4 is 0 Å². The molecule has 0 aliphatic carbocycles. The molecule has 1 rings (SSSR count). The Balaban J connectivity index is 2.20. The average Bonchev–Trinajstić information content (AvgIpc) is 2.37. The predicted octanol–water partition coefficient (Wildman–Crippen LogP) is 1.35. The van der Waals surface area contributed by atoms with E-state index in [0.717, 1.165) is 25.9 Å². The first-order valence-corrected chi connectivity index (χ1v) is 7.19. The van der Waals surface area contributed by atoms with Gasteiger partial charge in [0.1, 0.15) is 0 Å². The lowest BCUT2D eigenvalue weighted by atomic mass is 9.80. The van der Waals surface area contributed by atoms with E-state index in [1.54, 1.807) is 6.92 Å². The maximum atomic E-state index is 11.1. The van der Waals surface area contributed by atoms with Crippen molar-refractivity contribution in [2.45, 2.75) is 45.6 Å². The molecule has 2 N–H and O–H groups in total. The molecule has 0 amide bonds. The molecule has 112 valence electrons. The van der Waals surface area contributed by atoms with Gasteiger partial charge in [0, 0.05) is 13.2 Å². The summed E-state index contributed by atoms with van der Waals surface area (Å²) in [5.74, 6) is -0.712. The number of hydrogen-bond acceptors (Lipinski definition) is 4. The number of carboxylic acids is 1. The normalized spacial score (nSPS) is 21.2. The minimum Gasteiger partial charge on any atom is -0.481 e. The summed E-state index contributed by atoms with van der Waals surface area (Å²) in [7, 11) is 0. The first-order chi connectivity index (χ1) is 8.98. The van der Waals surface area contributed by atoms with Crippen LogP contribution in [0.2, 0.25) is 0 Å². The molecule has 0 bridgehead atoms. The zero-order valence-corrected chi connectivity index (χ0v) is 12.1. The summed E-state index contributed by atoms with van der Waals surface area (Å²) >= 11 is 0. The summed E-state index contributed by atoms with van der Waals surface area (Å²) in [5.41, 5.74) is -0.598. The van der Waals surface area contributed by atoms with E-state index >= 15 is 0 Å². The molecule has 1 atom stereocenters. The van der Waals surface area contributed by atoms with Crippen LogP contribution in [0.1, 0.15) is 39.5 Å². The molecule has 0 spiro atoms. The van der Waals surface area contributed by atoms with E-state index < -0.39 is 17.5 Å². The number of nitrogens with zero attached hydrogens (tertiary/aromatic N) is 1. The smallest absolute Gasteiger partial charge is 0.309 e. The minimum absolute atomic E-state index is 0.368. The largest absolute Gasteiger partial charge is 0.481 e. The second kappa shape index (κ2) is 7.82. The van der Waals surface area contributed by atoms with Crippen molar-refractivity contribution in [1.29, 1.82) is 0 Å². The molecule has 19 heavy (non-hydrogen) atoms. The van der Waals surface area contributed by atoms with Crippen molar-refractivity contribution in [3.8, 4) is 0 Å². The summed E-state index contributed by atoms with van der Waals surface area (Å²) in [5, 5.41) is 19.0. The molecule has 1 unspecified atom stereocenters. The number of carbonyl (C=O) groups is 1. The van der Waals surface area contributed by atoms with Gasteiger partial charge in [-0.05, 0) is 39.3 Å². The van der Waals surface area contributed by atoms with Crippen LogP contribution in [0.4, 0.5) is 0 Å². The molecule has 0 aromatic rings. The molecule has 0 radical (unpaired) electrons. The number of rotatable bonds is 8. The van der Waals surface area contributed by atoms with Gasteiger partial charge in [-0.2, -0.15) is 0 Å². The van der Waals surface area contributed by atoms with E-state index in [1.165, 1.54) is 0 Å². The Morgan fingerprint density at radius 2 is 2.05 bits per heavy atom. The lowest BCUT2D eigenvalue weighted by Crippen LogP contribution is -2.45. The Labute approximate surface area is 115 Å². The van der Waals surface area contributed by atoms with Gasteiger partial charge < -0.3 is 19.8 Å². The molecule has 1 heterocycles. The van der Waals surface area contributed by atoms with Crippen LogP contribution in [0.25, 0.3) is 0 Å². The lowest BCUT2D eigenvalue weighted by Gasteiger charge is -2.37. The topological polar surface area (TPSA) is 70.0 Å². The fourth-order valence-electron chi connectivity index (χ4n) is 2.26. The number of ether oxygens (including phenoxy) is 1. The van der Waals surface area contributed by atoms with Crippen LogP contribution in [-0.4, -0.2) is 60.0 Å². The quantitative estimate of drug-likeness (QED) is 0.653. The first kappa shape index (κ1) is 16.4. The van der Waals surface area contributed by atoms with E-state index in [4.69, 9.17) is 9.84 Å². The standard InChI is InChI=1S/C14H27NO4/c1-3-4-9-19-11-12(16)10-15-7-5-14(2,6-8-15)13(17)18/h12,16H,3-11H2,1-2H3,(H,17,18).